The number of carbonyl (C=O) groups is 2. The van der Waals surface area contributed by atoms with Crippen LogP contribution in [0, 0.1) is 0 Å². The van der Waals surface area contributed by atoms with E-state index in [4.69, 9.17) is 5.11 Å². The third-order valence-corrected chi connectivity index (χ3v) is 3.71. The van der Waals surface area contributed by atoms with Gasteiger partial charge in [0.25, 0.3) is 5.91 Å². The number of amides is 1. The molecule has 4 heteroatoms. The Labute approximate surface area is 122 Å². The first-order chi connectivity index (χ1) is 10.2. The Morgan fingerprint density at radius 3 is 2.57 bits per heavy atom. The number of para-hydroxylation sites is 1. The van der Waals surface area contributed by atoms with Crippen LogP contribution in [-0.4, -0.2) is 23.5 Å². The molecule has 0 bridgehead atoms. The number of nitrogens with zero attached hydrogens (tertiary/aromatic N) is 1. The Balaban J connectivity index is 1.96. The molecule has 1 N–H and O–H groups in total. The number of hydrogen-bond donors (Lipinski definition) is 1. The van der Waals surface area contributed by atoms with Gasteiger partial charge in [-0.3, -0.25) is 4.79 Å². The van der Waals surface area contributed by atoms with Crippen molar-refractivity contribution in [3.8, 4) is 0 Å². The second-order valence-electron chi connectivity index (χ2n) is 5.08. The predicted molar refractivity (Wildman–Crippen MR) is 79.8 cm³/mol. The van der Waals surface area contributed by atoms with Gasteiger partial charge in [-0.05, 0) is 42.7 Å². The molecule has 0 spiro atoms. The van der Waals surface area contributed by atoms with Gasteiger partial charge in [0.05, 0.1) is 5.56 Å². The smallest absolute Gasteiger partial charge is 0.335 e. The van der Waals surface area contributed by atoms with E-state index in [1.165, 1.54) is 12.1 Å². The van der Waals surface area contributed by atoms with Gasteiger partial charge in [-0.1, -0.05) is 24.3 Å². The monoisotopic (exact) mass is 281 g/mol. The fourth-order valence-corrected chi connectivity index (χ4v) is 2.69. The van der Waals surface area contributed by atoms with Gasteiger partial charge in [-0.25, -0.2) is 4.79 Å². The van der Waals surface area contributed by atoms with Gasteiger partial charge in [0.2, 0.25) is 0 Å². The first-order valence-electron chi connectivity index (χ1n) is 6.90. The average molecular weight is 281 g/mol. The summed E-state index contributed by atoms with van der Waals surface area (Å²) in [7, 11) is 0. The zero-order valence-electron chi connectivity index (χ0n) is 11.5. The van der Waals surface area contributed by atoms with Crippen molar-refractivity contribution in [2.24, 2.45) is 0 Å². The molecule has 0 aliphatic carbocycles. The Morgan fingerprint density at radius 1 is 1.00 bits per heavy atom. The zero-order valence-corrected chi connectivity index (χ0v) is 11.5. The lowest BCUT2D eigenvalue weighted by Crippen LogP contribution is -2.35. The quantitative estimate of drug-likeness (QED) is 0.920. The fourth-order valence-electron chi connectivity index (χ4n) is 2.69. The van der Waals surface area contributed by atoms with E-state index in [-0.39, 0.29) is 11.5 Å². The molecular formula is C17H15NO3. The van der Waals surface area contributed by atoms with Crippen LogP contribution in [0.1, 0.15) is 32.7 Å². The standard InChI is InChI=1S/C17H15NO3/c19-16(13-6-3-7-14(11-13)17(20)21)18-10-4-8-12-5-1-2-9-15(12)18/h1-3,5-7,9,11H,4,8,10H2,(H,20,21). The summed E-state index contributed by atoms with van der Waals surface area (Å²) in [5.41, 5.74) is 2.62. The van der Waals surface area contributed by atoms with Crippen LogP contribution in [0.2, 0.25) is 0 Å². The maximum atomic E-state index is 12.7. The molecule has 2 aromatic carbocycles. The topological polar surface area (TPSA) is 57.6 Å². The van der Waals surface area contributed by atoms with Gasteiger partial charge < -0.3 is 10.0 Å². The Morgan fingerprint density at radius 2 is 1.76 bits per heavy atom. The number of aromatic carboxylic acids is 1. The SMILES string of the molecule is O=C(O)c1cccc(C(=O)N2CCCc3ccccc32)c1. The molecule has 0 fully saturated rings. The lowest BCUT2D eigenvalue weighted by molar-refractivity contribution is 0.0697. The number of rotatable bonds is 2. The molecule has 0 unspecified atom stereocenters. The van der Waals surface area contributed by atoms with E-state index in [0.717, 1.165) is 24.1 Å². The number of carboxylic acid groups (broad SMARTS) is 1. The van der Waals surface area contributed by atoms with E-state index in [0.29, 0.717) is 12.1 Å². The van der Waals surface area contributed by atoms with E-state index >= 15 is 0 Å². The van der Waals surface area contributed by atoms with Crippen molar-refractivity contribution in [3.63, 3.8) is 0 Å². The Kier molecular flexibility index (Phi) is 3.44. The predicted octanol–water partition coefficient (Wildman–Crippen LogP) is 2.98. The van der Waals surface area contributed by atoms with Crippen LogP contribution < -0.4 is 4.90 Å². The lowest BCUT2D eigenvalue weighted by Gasteiger charge is -2.29. The van der Waals surface area contributed by atoms with E-state index in [1.807, 2.05) is 24.3 Å². The summed E-state index contributed by atoms with van der Waals surface area (Å²) in [4.78, 5) is 25.4. The van der Waals surface area contributed by atoms with Crippen LogP contribution in [0.25, 0.3) is 0 Å². The second-order valence-corrected chi connectivity index (χ2v) is 5.08. The summed E-state index contributed by atoms with van der Waals surface area (Å²) in [6, 6.07) is 14.0. The number of anilines is 1. The van der Waals surface area contributed by atoms with Crippen molar-refractivity contribution in [1.29, 1.82) is 0 Å². The van der Waals surface area contributed by atoms with Gasteiger partial charge >= 0.3 is 5.97 Å². The van der Waals surface area contributed by atoms with Crippen LogP contribution in [0.5, 0.6) is 0 Å². The number of hydrogen-bond acceptors (Lipinski definition) is 2. The molecule has 0 saturated carbocycles. The second kappa shape index (κ2) is 5.40. The third kappa shape index (κ3) is 2.52. The van der Waals surface area contributed by atoms with E-state index in [1.54, 1.807) is 17.0 Å². The van der Waals surface area contributed by atoms with Crippen LogP contribution >= 0.6 is 0 Å². The molecule has 2 aromatic rings. The van der Waals surface area contributed by atoms with Crippen LogP contribution in [0.15, 0.2) is 48.5 Å². The highest BCUT2D eigenvalue weighted by molar-refractivity contribution is 6.07. The summed E-state index contributed by atoms with van der Waals surface area (Å²) >= 11 is 0. The van der Waals surface area contributed by atoms with Gasteiger partial charge in [-0.2, -0.15) is 0 Å². The van der Waals surface area contributed by atoms with Gasteiger partial charge in [0.15, 0.2) is 0 Å². The lowest BCUT2D eigenvalue weighted by atomic mass is 10.0. The number of carboxylic acids is 1. The first-order valence-corrected chi connectivity index (χ1v) is 6.90. The number of benzene rings is 2. The normalized spacial score (nSPS) is 13.6. The van der Waals surface area contributed by atoms with Crippen molar-refractivity contribution >= 4 is 17.6 Å². The van der Waals surface area contributed by atoms with E-state index in [9.17, 15) is 9.59 Å². The molecule has 21 heavy (non-hydrogen) atoms. The summed E-state index contributed by atoms with van der Waals surface area (Å²) in [6.07, 6.45) is 1.89. The molecule has 0 radical (unpaired) electrons. The van der Waals surface area contributed by atoms with Crippen LogP contribution in [0.4, 0.5) is 5.69 Å². The molecule has 0 saturated heterocycles. The fraction of sp³-hybridized carbons (Fsp3) is 0.176. The minimum absolute atomic E-state index is 0.131. The minimum atomic E-state index is -1.02. The molecule has 1 heterocycles. The molecule has 1 aliphatic rings. The highest BCUT2D eigenvalue weighted by Crippen LogP contribution is 2.28. The first kappa shape index (κ1) is 13.4. The molecule has 4 nitrogen and oxygen atoms in total. The largest absolute Gasteiger partial charge is 0.478 e. The third-order valence-electron chi connectivity index (χ3n) is 3.71. The Bertz CT molecular complexity index is 709. The maximum absolute atomic E-state index is 12.7. The van der Waals surface area contributed by atoms with Crippen LogP contribution in [-0.2, 0) is 6.42 Å². The van der Waals surface area contributed by atoms with Gasteiger partial charge in [-0.15, -0.1) is 0 Å². The van der Waals surface area contributed by atoms with Crippen LogP contribution in [0.3, 0.4) is 0 Å². The van der Waals surface area contributed by atoms with E-state index < -0.39 is 5.97 Å². The van der Waals surface area contributed by atoms with Crippen molar-refractivity contribution < 1.29 is 14.7 Å². The van der Waals surface area contributed by atoms with Crippen molar-refractivity contribution in [1.82, 2.24) is 0 Å². The molecule has 3 rings (SSSR count). The van der Waals surface area contributed by atoms with Gasteiger partial charge in [0, 0.05) is 17.8 Å². The van der Waals surface area contributed by atoms with Crippen molar-refractivity contribution in [2.45, 2.75) is 12.8 Å². The molecule has 1 aliphatic heterocycles. The minimum Gasteiger partial charge on any atom is -0.478 e. The maximum Gasteiger partial charge on any atom is 0.335 e. The molecular weight excluding hydrogens is 266 g/mol. The highest BCUT2D eigenvalue weighted by Gasteiger charge is 2.23. The number of fused-ring (bicyclic) bond motifs is 1. The average Bonchev–Trinajstić information content (AvgIpc) is 2.53. The van der Waals surface area contributed by atoms with Crippen molar-refractivity contribution in [2.75, 3.05) is 11.4 Å². The molecule has 0 aromatic heterocycles. The number of carbonyl (C=O) groups excluding carboxylic acids is 1. The van der Waals surface area contributed by atoms with Gasteiger partial charge in [0.1, 0.15) is 0 Å². The van der Waals surface area contributed by atoms with Crippen molar-refractivity contribution in [3.05, 3.63) is 65.2 Å². The molecule has 1 amide bonds. The number of aryl methyl sites for hydroxylation is 1. The summed E-state index contributed by atoms with van der Waals surface area (Å²) in [5.74, 6) is -1.17. The van der Waals surface area contributed by atoms with E-state index in [2.05, 4.69) is 0 Å². The highest BCUT2D eigenvalue weighted by atomic mass is 16.4. The summed E-state index contributed by atoms with van der Waals surface area (Å²) < 4.78 is 0. The molecule has 0 atom stereocenters. The Hall–Kier alpha value is -2.62. The molecule has 106 valence electrons. The summed E-state index contributed by atoms with van der Waals surface area (Å²) in [5, 5.41) is 9.03. The zero-order chi connectivity index (χ0) is 14.8. The summed E-state index contributed by atoms with van der Waals surface area (Å²) in [6.45, 7) is 0.660.